The van der Waals surface area contributed by atoms with E-state index in [2.05, 4.69) is 12.2 Å². The van der Waals surface area contributed by atoms with Crippen molar-refractivity contribution in [3.63, 3.8) is 0 Å². The molecule has 1 aromatic carbocycles. The van der Waals surface area contributed by atoms with Crippen LogP contribution in [0.4, 0.5) is 0 Å². The van der Waals surface area contributed by atoms with Crippen LogP contribution in [-0.2, 0) is 4.74 Å². The topological polar surface area (TPSA) is 41.5 Å². The van der Waals surface area contributed by atoms with Crippen molar-refractivity contribution in [3.8, 4) is 0 Å². The molecule has 1 aromatic rings. The molecule has 1 aliphatic rings. The summed E-state index contributed by atoms with van der Waals surface area (Å²) < 4.78 is 5.40. The Morgan fingerprint density at radius 1 is 1.24 bits per heavy atom. The van der Waals surface area contributed by atoms with Crippen molar-refractivity contribution in [2.75, 3.05) is 13.2 Å². The number of hydrogen-bond donors (Lipinski definition) is 2. The molecule has 1 fully saturated rings. The van der Waals surface area contributed by atoms with Gasteiger partial charge in [0, 0.05) is 30.3 Å². The SMILES string of the molecule is CC(CC1CCOCC1)NC(C)C(O)c1ccc(Cl)cc1. The molecule has 0 amide bonds. The molecule has 0 aromatic heterocycles. The number of hydrogen-bond acceptors (Lipinski definition) is 3. The van der Waals surface area contributed by atoms with Gasteiger partial charge in [-0.3, -0.25) is 0 Å². The van der Waals surface area contributed by atoms with Crippen LogP contribution in [0.1, 0.15) is 44.8 Å². The second kappa shape index (κ2) is 8.14. The lowest BCUT2D eigenvalue weighted by Gasteiger charge is -2.29. The predicted octanol–water partition coefficient (Wildman–Crippen LogP) is 3.56. The van der Waals surface area contributed by atoms with Gasteiger partial charge >= 0.3 is 0 Å². The standard InChI is InChI=1S/C17H26ClNO2/c1-12(11-14-7-9-21-10-8-14)19-13(2)17(20)15-3-5-16(18)6-4-15/h3-6,12-14,17,19-20H,7-11H2,1-2H3. The second-order valence-electron chi connectivity index (χ2n) is 6.14. The summed E-state index contributed by atoms with van der Waals surface area (Å²) in [5, 5.41) is 14.6. The minimum absolute atomic E-state index is 0.0148. The number of aliphatic hydroxyl groups is 1. The first-order valence-corrected chi connectivity index (χ1v) is 8.21. The fourth-order valence-electron chi connectivity index (χ4n) is 3.04. The molecule has 4 heteroatoms. The Morgan fingerprint density at radius 2 is 1.86 bits per heavy atom. The number of halogens is 1. The third-order valence-electron chi connectivity index (χ3n) is 4.26. The van der Waals surface area contributed by atoms with Gasteiger partial charge in [0.15, 0.2) is 0 Å². The molecule has 0 saturated carbocycles. The van der Waals surface area contributed by atoms with Crippen molar-refractivity contribution in [1.82, 2.24) is 5.32 Å². The largest absolute Gasteiger partial charge is 0.387 e. The van der Waals surface area contributed by atoms with Gasteiger partial charge in [0.25, 0.3) is 0 Å². The Morgan fingerprint density at radius 3 is 2.48 bits per heavy atom. The zero-order valence-corrected chi connectivity index (χ0v) is 13.6. The van der Waals surface area contributed by atoms with Crippen molar-refractivity contribution in [2.45, 2.75) is 51.3 Å². The maximum atomic E-state index is 10.4. The van der Waals surface area contributed by atoms with Crippen LogP contribution in [0.5, 0.6) is 0 Å². The number of benzene rings is 1. The normalized spacial score (nSPS) is 21.0. The van der Waals surface area contributed by atoms with E-state index in [4.69, 9.17) is 16.3 Å². The fraction of sp³-hybridized carbons (Fsp3) is 0.647. The summed E-state index contributed by atoms with van der Waals surface area (Å²) in [5.74, 6) is 0.737. The van der Waals surface area contributed by atoms with Crippen molar-refractivity contribution < 1.29 is 9.84 Å². The molecule has 3 unspecified atom stereocenters. The molecule has 1 heterocycles. The Hall–Kier alpha value is -0.610. The highest BCUT2D eigenvalue weighted by atomic mass is 35.5. The van der Waals surface area contributed by atoms with E-state index in [1.807, 2.05) is 31.2 Å². The first kappa shape index (κ1) is 16.8. The third-order valence-corrected chi connectivity index (χ3v) is 4.51. The Kier molecular flexibility index (Phi) is 6.49. The second-order valence-corrected chi connectivity index (χ2v) is 6.58. The average molecular weight is 312 g/mol. The molecule has 21 heavy (non-hydrogen) atoms. The summed E-state index contributed by atoms with van der Waals surface area (Å²) in [5.41, 5.74) is 0.901. The quantitative estimate of drug-likeness (QED) is 0.844. The summed E-state index contributed by atoms with van der Waals surface area (Å²) in [6.07, 6.45) is 2.93. The smallest absolute Gasteiger partial charge is 0.0940 e. The first-order chi connectivity index (χ1) is 10.1. The highest BCUT2D eigenvalue weighted by molar-refractivity contribution is 6.30. The van der Waals surface area contributed by atoms with E-state index in [1.54, 1.807) is 0 Å². The maximum absolute atomic E-state index is 10.4. The summed E-state index contributed by atoms with van der Waals surface area (Å²) in [6.45, 7) is 6.00. The molecule has 3 nitrogen and oxygen atoms in total. The lowest BCUT2D eigenvalue weighted by molar-refractivity contribution is 0.0589. The van der Waals surface area contributed by atoms with Crippen molar-refractivity contribution in [3.05, 3.63) is 34.9 Å². The van der Waals surface area contributed by atoms with Gasteiger partial charge in [-0.2, -0.15) is 0 Å². The van der Waals surface area contributed by atoms with E-state index in [-0.39, 0.29) is 6.04 Å². The van der Waals surface area contributed by atoms with Gasteiger partial charge in [-0.05, 0) is 56.7 Å². The van der Waals surface area contributed by atoms with E-state index in [0.717, 1.165) is 44.0 Å². The monoisotopic (exact) mass is 311 g/mol. The molecule has 3 atom stereocenters. The average Bonchev–Trinajstić information content (AvgIpc) is 2.48. The zero-order chi connectivity index (χ0) is 15.2. The molecule has 0 radical (unpaired) electrons. The van der Waals surface area contributed by atoms with E-state index in [0.29, 0.717) is 11.1 Å². The molecule has 1 aliphatic heterocycles. The van der Waals surface area contributed by atoms with Crippen molar-refractivity contribution in [1.29, 1.82) is 0 Å². The highest BCUT2D eigenvalue weighted by Gasteiger charge is 2.21. The van der Waals surface area contributed by atoms with E-state index in [1.165, 1.54) is 0 Å². The van der Waals surface area contributed by atoms with Gasteiger partial charge < -0.3 is 15.2 Å². The van der Waals surface area contributed by atoms with Crippen LogP contribution in [0, 0.1) is 5.92 Å². The molecule has 0 spiro atoms. The van der Waals surface area contributed by atoms with Crippen LogP contribution >= 0.6 is 11.6 Å². The molecule has 118 valence electrons. The minimum Gasteiger partial charge on any atom is -0.387 e. The zero-order valence-electron chi connectivity index (χ0n) is 12.9. The van der Waals surface area contributed by atoms with Crippen LogP contribution in [-0.4, -0.2) is 30.4 Å². The van der Waals surface area contributed by atoms with Crippen LogP contribution < -0.4 is 5.32 Å². The van der Waals surface area contributed by atoms with Crippen molar-refractivity contribution in [2.24, 2.45) is 5.92 Å². The van der Waals surface area contributed by atoms with Crippen LogP contribution in [0.25, 0.3) is 0 Å². The Balaban J connectivity index is 1.81. The molecular weight excluding hydrogens is 286 g/mol. The van der Waals surface area contributed by atoms with Gasteiger partial charge in [0.2, 0.25) is 0 Å². The number of ether oxygens (including phenoxy) is 1. The third kappa shape index (κ3) is 5.26. The molecule has 0 bridgehead atoms. The number of nitrogens with one attached hydrogen (secondary N) is 1. The number of rotatable bonds is 6. The Labute approximate surface area is 132 Å². The van der Waals surface area contributed by atoms with Crippen molar-refractivity contribution >= 4 is 11.6 Å². The van der Waals surface area contributed by atoms with E-state index >= 15 is 0 Å². The number of aliphatic hydroxyl groups excluding tert-OH is 1. The predicted molar refractivity (Wildman–Crippen MR) is 86.6 cm³/mol. The molecule has 2 rings (SSSR count). The molecule has 0 aliphatic carbocycles. The van der Waals surface area contributed by atoms with Gasteiger partial charge in [0.1, 0.15) is 0 Å². The van der Waals surface area contributed by atoms with Gasteiger partial charge in [-0.1, -0.05) is 23.7 Å². The van der Waals surface area contributed by atoms with Crippen LogP contribution in [0.2, 0.25) is 5.02 Å². The van der Waals surface area contributed by atoms with Crippen LogP contribution in [0.15, 0.2) is 24.3 Å². The molecule has 1 saturated heterocycles. The summed E-state index contributed by atoms with van der Waals surface area (Å²) in [6, 6.07) is 7.81. The molecule has 2 N–H and O–H groups in total. The van der Waals surface area contributed by atoms with Crippen LogP contribution in [0.3, 0.4) is 0 Å². The molecular formula is C17H26ClNO2. The maximum Gasteiger partial charge on any atom is 0.0940 e. The lowest BCUT2D eigenvalue weighted by atomic mass is 9.92. The Bertz CT molecular complexity index is 417. The fourth-order valence-corrected chi connectivity index (χ4v) is 3.16. The van der Waals surface area contributed by atoms with Gasteiger partial charge in [0.05, 0.1) is 6.10 Å². The minimum atomic E-state index is -0.514. The summed E-state index contributed by atoms with van der Waals surface area (Å²) in [4.78, 5) is 0. The first-order valence-electron chi connectivity index (χ1n) is 7.83. The lowest BCUT2D eigenvalue weighted by Crippen LogP contribution is -2.40. The van der Waals surface area contributed by atoms with Gasteiger partial charge in [-0.25, -0.2) is 0 Å². The highest BCUT2D eigenvalue weighted by Crippen LogP contribution is 2.22. The summed E-state index contributed by atoms with van der Waals surface area (Å²) >= 11 is 5.88. The van der Waals surface area contributed by atoms with Gasteiger partial charge in [-0.15, -0.1) is 0 Å². The summed E-state index contributed by atoms with van der Waals surface area (Å²) in [7, 11) is 0. The van der Waals surface area contributed by atoms with E-state index < -0.39 is 6.10 Å². The van der Waals surface area contributed by atoms with E-state index in [9.17, 15) is 5.11 Å².